The van der Waals surface area contributed by atoms with Gasteiger partial charge in [-0.3, -0.25) is 0 Å². The van der Waals surface area contributed by atoms with Gasteiger partial charge < -0.3 is 4.74 Å². The Hall–Kier alpha value is -0.540. The molecule has 0 aliphatic rings. The van der Waals surface area contributed by atoms with E-state index in [4.69, 9.17) is 15.4 Å². The molecule has 1 unspecified atom stereocenters. The van der Waals surface area contributed by atoms with E-state index in [0.717, 1.165) is 11.1 Å². The van der Waals surface area contributed by atoms with E-state index in [1.54, 1.807) is 6.07 Å². The van der Waals surface area contributed by atoms with Crippen molar-refractivity contribution in [3.8, 4) is 5.75 Å². The molecule has 1 atom stereocenters. The van der Waals surface area contributed by atoms with E-state index >= 15 is 0 Å². The van der Waals surface area contributed by atoms with Gasteiger partial charge >= 0.3 is 0 Å². The zero-order valence-corrected chi connectivity index (χ0v) is 9.33. The van der Waals surface area contributed by atoms with Crippen LogP contribution in [-0.2, 0) is 10.0 Å². The summed E-state index contributed by atoms with van der Waals surface area (Å²) < 4.78 is 16.2. The summed E-state index contributed by atoms with van der Waals surface area (Å²) in [7, 11) is 5.53. The number of hydrogen-bond acceptors (Lipinski definition) is 2. The number of halogens is 1. The highest BCUT2D eigenvalue weighted by molar-refractivity contribution is 8.08. The Bertz CT molecular complexity index is 350. The van der Waals surface area contributed by atoms with E-state index in [0.29, 0.717) is 10.6 Å². The second kappa shape index (κ2) is 4.11. The van der Waals surface area contributed by atoms with Crippen LogP contribution in [0.5, 0.6) is 5.75 Å². The maximum Gasteiger partial charge on any atom is 0.151 e. The van der Waals surface area contributed by atoms with Crippen molar-refractivity contribution in [2.75, 3.05) is 7.11 Å². The van der Waals surface area contributed by atoms with Crippen LogP contribution in [0.15, 0.2) is 17.0 Å². The highest BCUT2D eigenvalue weighted by Crippen LogP contribution is 2.27. The monoisotopic (exact) mass is 218 g/mol. The summed E-state index contributed by atoms with van der Waals surface area (Å²) in [6.45, 7) is 3.92. The van der Waals surface area contributed by atoms with E-state index in [2.05, 4.69) is 0 Å². The molecular weight excluding hydrogens is 208 g/mol. The quantitative estimate of drug-likeness (QED) is 0.714. The predicted octanol–water partition coefficient (Wildman–Crippen LogP) is 2.57. The first-order chi connectivity index (χ1) is 6.06. The molecule has 0 spiro atoms. The molecule has 0 heterocycles. The van der Waals surface area contributed by atoms with Crippen LogP contribution in [0.4, 0.5) is 0 Å². The molecule has 0 saturated heterocycles. The molecule has 0 aliphatic heterocycles. The summed E-state index contributed by atoms with van der Waals surface area (Å²) in [6.07, 6.45) is 0. The van der Waals surface area contributed by atoms with Crippen LogP contribution in [-0.4, -0.2) is 11.3 Å². The van der Waals surface area contributed by atoms with Crippen LogP contribution < -0.4 is 4.74 Å². The summed E-state index contributed by atoms with van der Waals surface area (Å²) >= 11 is 0. The normalized spacial score (nSPS) is 12.6. The maximum absolute atomic E-state index is 11.1. The number of aryl methyl sites for hydroxylation is 2. The highest BCUT2D eigenvalue weighted by Gasteiger charge is 2.10. The maximum atomic E-state index is 11.1. The SMILES string of the molecule is COc1cc(C)c(C)cc1S(=O)Cl. The van der Waals surface area contributed by atoms with Gasteiger partial charge in [0.1, 0.15) is 5.75 Å². The Morgan fingerprint density at radius 3 is 2.31 bits per heavy atom. The van der Waals surface area contributed by atoms with Gasteiger partial charge in [0.25, 0.3) is 0 Å². The molecule has 1 aromatic rings. The molecule has 0 amide bonds. The zero-order chi connectivity index (χ0) is 10.0. The molecule has 72 valence electrons. The molecule has 4 heteroatoms. The molecule has 13 heavy (non-hydrogen) atoms. The lowest BCUT2D eigenvalue weighted by molar-refractivity contribution is 0.403. The Labute approximate surface area is 84.8 Å². The number of ether oxygens (including phenoxy) is 1. The molecular formula is C9H11ClO2S. The molecule has 0 aliphatic carbocycles. The topological polar surface area (TPSA) is 26.3 Å². The van der Waals surface area contributed by atoms with Crippen molar-refractivity contribution < 1.29 is 8.95 Å². The molecule has 0 saturated carbocycles. The van der Waals surface area contributed by atoms with E-state index < -0.39 is 10.0 Å². The number of methoxy groups -OCH3 is 1. The van der Waals surface area contributed by atoms with Gasteiger partial charge in [0.2, 0.25) is 0 Å². The van der Waals surface area contributed by atoms with Gasteiger partial charge in [-0.25, -0.2) is 4.21 Å². The van der Waals surface area contributed by atoms with Crippen molar-refractivity contribution in [2.24, 2.45) is 0 Å². The predicted molar refractivity (Wildman–Crippen MR) is 54.7 cm³/mol. The molecule has 0 aromatic heterocycles. The minimum absolute atomic E-state index is 0.535. The van der Waals surface area contributed by atoms with Gasteiger partial charge in [-0.05, 0) is 47.8 Å². The third-order valence-corrected chi connectivity index (χ3v) is 3.12. The summed E-state index contributed by atoms with van der Waals surface area (Å²) in [5, 5.41) is 0. The van der Waals surface area contributed by atoms with Crippen LogP contribution in [0.3, 0.4) is 0 Å². The summed E-state index contributed by atoms with van der Waals surface area (Å²) in [4.78, 5) is 0.535. The first-order valence-electron chi connectivity index (χ1n) is 3.79. The Balaban J connectivity index is 3.33. The van der Waals surface area contributed by atoms with Gasteiger partial charge in [-0.1, -0.05) is 0 Å². The summed E-state index contributed by atoms with van der Waals surface area (Å²) in [5.74, 6) is 0.580. The standard InChI is InChI=1S/C9H11ClO2S/c1-6-4-8(12-3)9(13(10)11)5-7(6)2/h4-5H,1-3H3. The van der Waals surface area contributed by atoms with Gasteiger partial charge in [-0.2, -0.15) is 0 Å². The van der Waals surface area contributed by atoms with Gasteiger partial charge in [0.15, 0.2) is 10.0 Å². The van der Waals surface area contributed by atoms with Crippen LogP contribution in [0.25, 0.3) is 0 Å². The summed E-state index contributed by atoms with van der Waals surface area (Å²) in [6, 6.07) is 3.63. The van der Waals surface area contributed by atoms with Crippen LogP contribution in [0.1, 0.15) is 11.1 Å². The third-order valence-electron chi connectivity index (χ3n) is 1.95. The molecule has 2 nitrogen and oxygen atoms in total. The largest absolute Gasteiger partial charge is 0.495 e. The molecule has 1 rings (SSSR count). The van der Waals surface area contributed by atoms with Crippen molar-refractivity contribution in [1.82, 2.24) is 0 Å². The van der Waals surface area contributed by atoms with Crippen molar-refractivity contribution in [1.29, 1.82) is 0 Å². The van der Waals surface area contributed by atoms with Crippen molar-refractivity contribution >= 4 is 20.7 Å². The Morgan fingerprint density at radius 2 is 1.85 bits per heavy atom. The molecule has 0 fully saturated rings. The van der Waals surface area contributed by atoms with Crippen molar-refractivity contribution in [3.05, 3.63) is 23.3 Å². The van der Waals surface area contributed by atoms with Gasteiger partial charge in [-0.15, -0.1) is 0 Å². The fourth-order valence-electron chi connectivity index (χ4n) is 1.05. The van der Waals surface area contributed by atoms with Crippen LogP contribution >= 0.6 is 10.7 Å². The average Bonchev–Trinajstić information content (AvgIpc) is 2.08. The lowest BCUT2D eigenvalue weighted by Crippen LogP contribution is -1.93. The molecule has 0 N–H and O–H groups in total. The van der Waals surface area contributed by atoms with Crippen LogP contribution in [0.2, 0.25) is 0 Å². The first-order valence-corrected chi connectivity index (χ1v) is 5.77. The smallest absolute Gasteiger partial charge is 0.151 e. The minimum atomic E-state index is -1.51. The van der Waals surface area contributed by atoms with E-state index in [1.165, 1.54) is 7.11 Å². The molecule has 1 aromatic carbocycles. The molecule has 0 bridgehead atoms. The fourth-order valence-corrected chi connectivity index (χ4v) is 1.98. The third kappa shape index (κ3) is 2.23. The van der Waals surface area contributed by atoms with Gasteiger partial charge in [0.05, 0.1) is 12.0 Å². The highest BCUT2D eigenvalue weighted by atomic mass is 35.7. The fraction of sp³-hybridized carbons (Fsp3) is 0.333. The summed E-state index contributed by atoms with van der Waals surface area (Å²) in [5.41, 5.74) is 2.16. The number of rotatable bonds is 2. The first kappa shape index (κ1) is 10.5. The van der Waals surface area contributed by atoms with Crippen molar-refractivity contribution in [2.45, 2.75) is 18.7 Å². The minimum Gasteiger partial charge on any atom is -0.495 e. The number of hydrogen-bond donors (Lipinski definition) is 0. The lowest BCUT2D eigenvalue weighted by atomic mass is 10.1. The van der Waals surface area contributed by atoms with E-state index in [9.17, 15) is 4.21 Å². The second-order valence-electron chi connectivity index (χ2n) is 2.81. The second-order valence-corrected chi connectivity index (χ2v) is 4.54. The van der Waals surface area contributed by atoms with Crippen LogP contribution in [0, 0.1) is 13.8 Å². The molecule has 0 radical (unpaired) electrons. The number of benzene rings is 1. The van der Waals surface area contributed by atoms with Gasteiger partial charge in [0, 0.05) is 0 Å². The van der Waals surface area contributed by atoms with E-state index in [1.807, 2.05) is 19.9 Å². The van der Waals surface area contributed by atoms with E-state index in [-0.39, 0.29) is 0 Å². The zero-order valence-electron chi connectivity index (χ0n) is 7.76. The average molecular weight is 219 g/mol. The Morgan fingerprint density at radius 1 is 1.31 bits per heavy atom. The lowest BCUT2D eigenvalue weighted by Gasteiger charge is -2.08. The Kier molecular flexibility index (Phi) is 3.33. The van der Waals surface area contributed by atoms with Crippen molar-refractivity contribution in [3.63, 3.8) is 0 Å².